The summed E-state index contributed by atoms with van der Waals surface area (Å²) in [6.07, 6.45) is 2.24. The van der Waals surface area contributed by atoms with Crippen LogP contribution in [-0.4, -0.2) is 65.2 Å². The number of rotatable bonds is 4. The highest BCUT2D eigenvalue weighted by atomic mass is 16.6. The minimum absolute atomic E-state index is 0.00380. The van der Waals surface area contributed by atoms with Crippen molar-refractivity contribution in [3.8, 4) is 0 Å². The summed E-state index contributed by atoms with van der Waals surface area (Å²) in [6.45, 7) is 7.74. The molecule has 2 aliphatic rings. The average Bonchev–Trinajstić information content (AvgIpc) is 2.53. The standard InChI is InChI=1S/C19H31NO6/c1-5-25-16(23)9-15-14-6-7-20(18(24)26-19(2,3)4)17(15)13(11-22)8-12(14)10-21/h9,12-14,17,21-22H,5-8,10-11H2,1-4H3/t12-,13-,14+,17-/m0/s1. The number of amides is 1. The highest BCUT2D eigenvalue weighted by Crippen LogP contribution is 2.45. The van der Waals surface area contributed by atoms with Gasteiger partial charge in [0, 0.05) is 31.8 Å². The van der Waals surface area contributed by atoms with Crippen molar-refractivity contribution in [1.82, 2.24) is 4.90 Å². The van der Waals surface area contributed by atoms with Crippen LogP contribution in [0.4, 0.5) is 4.79 Å². The fourth-order valence-electron chi connectivity index (χ4n) is 4.11. The van der Waals surface area contributed by atoms with E-state index in [1.54, 1.807) is 32.6 Å². The summed E-state index contributed by atoms with van der Waals surface area (Å²) in [4.78, 5) is 26.4. The van der Waals surface area contributed by atoms with Crippen LogP contribution in [-0.2, 0) is 14.3 Å². The second-order valence-corrected chi connectivity index (χ2v) is 8.03. The van der Waals surface area contributed by atoms with Gasteiger partial charge in [-0.05, 0) is 57.9 Å². The molecule has 1 aliphatic carbocycles. The maximum atomic E-state index is 12.7. The number of hydrogen-bond acceptors (Lipinski definition) is 6. The van der Waals surface area contributed by atoms with Gasteiger partial charge in [-0.3, -0.25) is 0 Å². The number of esters is 1. The number of carbonyl (C=O) groups is 2. The van der Waals surface area contributed by atoms with Crippen LogP contribution in [0, 0.1) is 17.8 Å². The summed E-state index contributed by atoms with van der Waals surface area (Å²) in [6, 6.07) is -0.416. The molecule has 26 heavy (non-hydrogen) atoms. The van der Waals surface area contributed by atoms with Gasteiger partial charge in [0.15, 0.2) is 0 Å². The molecule has 148 valence electrons. The summed E-state index contributed by atoms with van der Waals surface area (Å²) >= 11 is 0. The molecular formula is C19H31NO6. The van der Waals surface area contributed by atoms with E-state index in [1.165, 1.54) is 6.08 Å². The van der Waals surface area contributed by atoms with Crippen LogP contribution in [0.3, 0.4) is 0 Å². The first-order chi connectivity index (χ1) is 12.2. The van der Waals surface area contributed by atoms with Crippen LogP contribution in [0.5, 0.6) is 0 Å². The molecule has 4 atom stereocenters. The molecule has 2 rings (SSSR count). The van der Waals surface area contributed by atoms with Crippen molar-refractivity contribution >= 4 is 12.1 Å². The van der Waals surface area contributed by atoms with Gasteiger partial charge in [0.25, 0.3) is 0 Å². The summed E-state index contributed by atoms with van der Waals surface area (Å²) in [5.41, 5.74) is 0.126. The monoisotopic (exact) mass is 369 g/mol. The molecule has 0 spiro atoms. The molecule has 7 nitrogen and oxygen atoms in total. The Morgan fingerprint density at radius 2 is 1.88 bits per heavy atom. The maximum absolute atomic E-state index is 12.7. The molecule has 0 radical (unpaired) electrons. The zero-order valence-corrected chi connectivity index (χ0v) is 16.1. The third kappa shape index (κ3) is 4.57. The Hall–Kier alpha value is -1.60. The molecule has 1 heterocycles. The summed E-state index contributed by atoms with van der Waals surface area (Å²) in [7, 11) is 0. The third-order valence-corrected chi connectivity index (χ3v) is 5.08. The molecule has 2 fully saturated rings. The third-order valence-electron chi connectivity index (χ3n) is 5.08. The largest absolute Gasteiger partial charge is 0.463 e. The Morgan fingerprint density at radius 3 is 2.42 bits per heavy atom. The lowest BCUT2D eigenvalue weighted by Gasteiger charge is -2.51. The Kier molecular flexibility index (Phi) is 6.69. The lowest BCUT2D eigenvalue weighted by atomic mass is 9.64. The summed E-state index contributed by atoms with van der Waals surface area (Å²) < 4.78 is 10.6. The van der Waals surface area contributed by atoms with Crippen molar-refractivity contribution in [3.05, 3.63) is 11.6 Å². The minimum Gasteiger partial charge on any atom is -0.463 e. The van der Waals surface area contributed by atoms with Gasteiger partial charge < -0.3 is 24.6 Å². The van der Waals surface area contributed by atoms with Crippen molar-refractivity contribution in [2.75, 3.05) is 26.4 Å². The second kappa shape index (κ2) is 8.39. The van der Waals surface area contributed by atoms with Crippen molar-refractivity contribution in [1.29, 1.82) is 0 Å². The van der Waals surface area contributed by atoms with Gasteiger partial charge >= 0.3 is 12.1 Å². The Morgan fingerprint density at radius 1 is 1.23 bits per heavy atom. The molecule has 0 aromatic rings. The van der Waals surface area contributed by atoms with Crippen molar-refractivity contribution < 1.29 is 29.3 Å². The second-order valence-electron chi connectivity index (χ2n) is 8.03. The van der Waals surface area contributed by atoms with Gasteiger partial charge in [-0.2, -0.15) is 0 Å². The predicted molar refractivity (Wildman–Crippen MR) is 95.3 cm³/mol. The van der Waals surface area contributed by atoms with Gasteiger partial charge in [0.05, 0.1) is 12.6 Å². The van der Waals surface area contributed by atoms with E-state index in [-0.39, 0.29) is 37.6 Å². The number of fused-ring (bicyclic) bond motifs is 2. The highest BCUT2D eigenvalue weighted by molar-refractivity contribution is 5.83. The Bertz CT molecular complexity index is 553. The quantitative estimate of drug-likeness (QED) is 0.579. The number of hydrogen-bond donors (Lipinski definition) is 2. The van der Waals surface area contributed by atoms with Gasteiger partial charge in [0.2, 0.25) is 0 Å². The van der Waals surface area contributed by atoms with E-state index in [1.807, 2.05) is 0 Å². The fourth-order valence-corrected chi connectivity index (χ4v) is 4.11. The normalized spacial score (nSPS) is 30.2. The fraction of sp³-hybridized carbons (Fsp3) is 0.789. The van der Waals surface area contributed by atoms with Crippen molar-refractivity contribution in [2.45, 2.75) is 52.2 Å². The van der Waals surface area contributed by atoms with E-state index in [0.29, 0.717) is 19.4 Å². The van der Waals surface area contributed by atoms with E-state index < -0.39 is 23.7 Å². The number of aliphatic hydroxyl groups excluding tert-OH is 2. The molecule has 2 N–H and O–H groups in total. The van der Waals surface area contributed by atoms with Crippen LogP contribution >= 0.6 is 0 Å². The van der Waals surface area contributed by atoms with Gasteiger partial charge in [-0.25, -0.2) is 9.59 Å². The van der Waals surface area contributed by atoms with Gasteiger partial charge in [-0.1, -0.05) is 0 Å². The molecule has 1 amide bonds. The Balaban J connectivity index is 2.38. The minimum atomic E-state index is -0.629. The van der Waals surface area contributed by atoms with Crippen LogP contribution in [0.1, 0.15) is 40.5 Å². The lowest BCUT2D eigenvalue weighted by Crippen LogP contribution is -2.57. The number of likely N-dealkylation sites (tertiary alicyclic amines) is 1. The molecule has 7 heteroatoms. The maximum Gasteiger partial charge on any atom is 0.410 e. The molecular weight excluding hydrogens is 338 g/mol. The molecule has 0 aromatic heterocycles. The molecule has 1 saturated carbocycles. The molecule has 0 aromatic carbocycles. The smallest absolute Gasteiger partial charge is 0.410 e. The molecule has 0 unspecified atom stereocenters. The first-order valence-electron chi connectivity index (χ1n) is 9.31. The van der Waals surface area contributed by atoms with E-state index in [4.69, 9.17) is 9.47 Å². The van der Waals surface area contributed by atoms with E-state index in [2.05, 4.69) is 0 Å². The zero-order chi connectivity index (χ0) is 19.5. The number of piperidine rings is 1. The number of nitrogens with zero attached hydrogens (tertiary/aromatic N) is 1. The molecule has 2 bridgehead atoms. The summed E-state index contributed by atoms with van der Waals surface area (Å²) in [5, 5.41) is 19.7. The topological polar surface area (TPSA) is 96.3 Å². The van der Waals surface area contributed by atoms with Gasteiger partial charge in [0.1, 0.15) is 5.60 Å². The van der Waals surface area contributed by atoms with Crippen LogP contribution in [0.15, 0.2) is 11.6 Å². The average molecular weight is 369 g/mol. The highest BCUT2D eigenvalue weighted by Gasteiger charge is 2.48. The number of aliphatic hydroxyl groups is 2. The van der Waals surface area contributed by atoms with Crippen molar-refractivity contribution in [2.24, 2.45) is 17.8 Å². The van der Waals surface area contributed by atoms with E-state index in [0.717, 1.165) is 5.57 Å². The lowest BCUT2D eigenvalue weighted by molar-refractivity contribution is -0.137. The van der Waals surface area contributed by atoms with Crippen LogP contribution in [0.2, 0.25) is 0 Å². The molecule has 1 saturated heterocycles. The number of carbonyl (C=O) groups excluding carboxylic acids is 2. The first kappa shape index (κ1) is 20.7. The zero-order valence-electron chi connectivity index (χ0n) is 16.1. The predicted octanol–water partition coefficient (Wildman–Crippen LogP) is 1.72. The number of ether oxygens (including phenoxy) is 2. The summed E-state index contributed by atoms with van der Waals surface area (Å²) in [5.74, 6) is -0.753. The first-order valence-corrected chi connectivity index (χ1v) is 9.31. The van der Waals surface area contributed by atoms with Crippen LogP contribution < -0.4 is 0 Å². The molecule has 1 aliphatic heterocycles. The van der Waals surface area contributed by atoms with E-state index >= 15 is 0 Å². The van der Waals surface area contributed by atoms with E-state index in [9.17, 15) is 19.8 Å². The SMILES string of the molecule is CCOC(=O)C=C1[C@@H]2[C@H](CO)C[C@@H](CO)[C@H]1CCN2C(=O)OC(C)(C)C. The van der Waals surface area contributed by atoms with Crippen molar-refractivity contribution in [3.63, 3.8) is 0 Å². The van der Waals surface area contributed by atoms with Crippen LogP contribution in [0.25, 0.3) is 0 Å². The van der Waals surface area contributed by atoms with Gasteiger partial charge in [-0.15, -0.1) is 0 Å². The Labute approximate surface area is 155 Å².